The van der Waals surface area contributed by atoms with Gasteiger partial charge in [0.05, 0.1) is 30.9 Å². The van der Waals surface area contributed by atoms with Gasteiger partial charge in [0.1, 0.15) is 11.9 Å². The predicted octanol–water partition coefficient (Wildman–Crippen LogP) is 2.04. The maximum absolute atomic E-state index is 13.2. The fourth-order valence-electron chi connectivity index (χ4n) is 4.36. The largest absolute Gasteiger partial charge is 0.488 e. The highest BCUT2D eigenvalue weighted by atomic mass is 32.2. The van der Waals surface area contributed by atoms with Crippen LogP contribution in [-0.4, -0.2) is 85.5 Å². The zero-order valence-corrected chi connectivity index (χ0v) is 22.4. The molecule has 0 fully saturated rings. The number of ether oxygens (including phenoxy) is 1. The molecule has 0 radical (unpaired) electrons. The van der Waals surface area contributed by atoms with Crippen molar-refractivity contribution in [3.63, 3.8) is 0 Å². The Bertz CT molecular complexity index is 1220. The number of aromatic carboxylic acids is 1. The zero-order chi connectivity index (χ0) is 27.3. The fraction of sp³-hybridized carbons (Fsp3) is 0.462. The van der Waals surface area contributed by atoms with Gasteiger partial charge in [0, 0.05) is 36.8 Å². The molecule has 10 nitrogen and oxygen atoms in total. The Kier molecular flexibility index (Phi) is 9.16. The number of carbonyl (C=O) groups excluding carboxylic acids is 1. The van der Waals surface area contributed by atoms with E-state index in [1.807, 2.05) is 14.0 Å². The van der Waals surface area contributed by atoms with Gasteiger partial charge in [-0.25, -0.2) is 13.2 Å². The number of amides is 1. The lowest BCUT2D eigenvalue weighted by Crippen LogP contribution is -2.47. The molecule has 0 unspecified atom stereocenters. The lowest BCUT2D eigenvalue weighted by molar-refractivity contribution is -0.134. The van der Waals surface area contributed by atoms with Crippen molar-refractivity contribution in [3.8, 4) is 5.75 Å². The van der Waals surface area contributed by atoms with Crippen LogP contribution in [0.2, 0.25) is 0 Å². The van der Waals surface area contributed by atoms with E-state index in [4.69, 9.17) is 9.84 Å². The van der Waals surface area contributed by atoms with Crippen LogP contribution in [0.1, 0.15) is 35.3 Å². The number of likely N-dealkylation sites (N-methyl/N-ethyl adjacent to an activating group) is 1. The molecule has 1 heterocycles. The minimum absolute atomic E-state index is 0.00413. The molecule has 1 amide bonds. The van der Waals surface area contributed by atoms with Crippen molar-refractivity contribution in [2.24, 2.45) is 5.92 Å². The molecule has 2 aromatic rings. The van der Waals surface area contributed by atoms with Crippen LogP contribution >= 0.6 is 0 Å². The number of fused-ring (bicyclic) bond motifs is 1. The normalized spacial score (nSPS) is 19.3. The summed E-state index contributed by atoms with van der Waals surface area (Å²) in [5, 5.41) is 18.9. The van der Waals surface area contributed by atoms with Crippen LogP contribution in [0.3, 0.4) is 0 Å². The third-order valence-electron chi connectivity index (χ3n) is 6.36. The first kappa shape index (κ1) is 28.4. The number of benzene rings is 2. The highest BCUT2D eigenvalue weighted by Crippen LogP contribution is 2.29. The molecule has 0 aliphatic carbocycles. The molecule has 0 bridgehead atoms. The van der Waals surface area contributed by atoms with Gasteiger partial charge in [-0.15, -0.1) is 0 Å². The summed E-state index contributed by atoms with van der Waals surface area (Å²) in [7, 11) is -1.56. The van der Waals surface area contributed by atoms with Crippen molar-refractivity contribution in [1.29, 1.82) is 0 Å². The fourth-order valence-corrected chi connectivity index (χ4v) is 4.92. The average Bonchev–Trinajstić information content (AvgIpc) is 2.86. The number of carbonyl (C=O) groups is 2. The Morgan fingerprint density at radius 1 is 1.24 bits per heavy atom. The van der Waals surface area contributed by atoms with Crippen molar-refractivity contribution < 1.29 is 33.0 Å². The highest BCUT2D eigenvalue weighted by molar-refractivity contribution is 7.92. The standard InChI is InChI=1S/C26H35N3O7S/c1-17-13-29(18(2)16-30)25(31)12-21-11-22(27-37(4,34)35)9-10-23(21)36-24(17)15-28(3)14-19-5-7-20(8-6-19)26(32)33/h5-11,17-18,24,27,30H,12-16H2,1-4H3,(H,32,33)/t17-,18+,24+/m1/s1. The molecule has 202 valence electrons. The summed E-state index contributed by atoms with van der Waals surface area (Å²) in [6, 6.07) is 11.2. The second-order valence-corrected chi connectivity index (χ2v) is 11.5. The van der Waals surface area contributed by atoms with Gasteiger partial charge in [-0.05, 0) is 49.9 Å². The molecule has 2 aromatic carbocycles. The Labute approximate surface area is 217 Å². The first-order chi connectivity index (χ1) is 17.4. The zero-order valence-electron chi connectivity index (χ0n) is 21.5. The molecule has 1 aliphatic rings. The number of nitrogens with zero attached hydrogens (tertiary/aromatic N) is 2. The van der Waals surface area contributed by atoms with Gasteiger partial charge in [-0.1, -0.05) is 19.1 Å². The maximum atomic E-state index is 13.2. The number of hydrogen-bond acceptors (Lipinski definition) is 7. The second-order valence-electron chi connectivity index (χ2n) is 9.78. The average molecular weight is 534 g/mol. The molecule has 0 spiro atoms. The minimum Gasteiger partial charge on any atom is -0.488 e. The molecule has 11 heteroatoms. The second kappa shape index (κ2) is 11.9. The summed E-state index contributed by atoms with van der Waals surface area (Å²) in [5.41, 5.74) is 2.07. The number of sulfonamides is 1. The van der Waals surface area contributed by atoms with Crippen LogP contribution in [-0.2, 0) is 27.8 Å². The number of carboxylic acids is 1. The summed E-state index contributed by atoms with van der Waals surface area (Å²) in [6.45, 7) is 5.06. The number of anilines is 1. The number of hydrogen-bond donors (Lipinski definition) is 3. The molecule has 0 aromatic heterocycles. The van der Waals surface area contributed by atoms with Crippen LogP contribution in [0.25, 0.3) is 0 Å². The lowest BCUT2D eigenvalue weighted by atomic mass is 10.0. The quantitative estimate of drug-likeness (QED) is 0.446. The van der Waals surface area contributed by atoms with Crippen LogP contribution in [0.15, 0.2) is 42.5 Å². The van der Waals surface area contributed by atoms with E-state index in [2.05, 4.69) is 9.62 Å². The van der Waals surface area contributed by atoms with Gasteiger partial charge in [0.15, 0.2) is 0 Å². The van der Waals surface area contributed by atoms with E-state index in [0.717, 1.165) is 11.8 Å². The van der Waals surface area contributed by atoms with Gasteiger partial charge >= 0.3 is 5.97 Å². The molecule has 0 saturated heterocycles. The van der Waals surface area contributed by atoms with Crippen LogP contribution in [0, 0.1) is 5.92 Å². The van der Waals surface area contributed by atoms with Crippen molar-refractivity contribution in [3.05, 3.63) is 59.2 Å². The van der Waals surface area contributed by atoms with Crippen LogP contribution < -0.4 is 9.46 Å². The van der Waals surface area contributed by atoms with E-state index in [1.54, 1.807) is 54.3 Å². The smallest absolute Gasteiger partial charge is 0.335 e. The van der Waals surface area contributed by atoms with Gasteiger partial charge in [-0.3, -0.25) is 14.4 Å². The summed E-state index contributed by atoms with van der Waals surface area (Å²) in [6.07, 6.45) is 0.739. The van der Waals surface area contributed by atoms with Crippen molar-refractivity contribution in [2.45, 2.75) is 39.0 Å². The topological polar surface area (TPSA) is 136 Å². The maximum Gasteiger partial charge on any atom is 0.335 e. The third-order valence-corrected chi connectivity index (χ3v) is 6.97. The van der Waals surface area contributed by atoms with Gasteiger partial charge in [0.2, 0.25) is 15.9 Å². The van der Waals surface area contributed by atoms with E-state index in [9.17, 15) is 23.1 Å². The van der Waals surface area contributed by atoms with E-state index >= 15 is 0 Å². The SMILES string of the molecule is C[C@@H]1CN([C@@H](C)CO)C(=O)Cc2cc(NS(C)(=O)=O)ccc2O[C@H]1CN(C)Cc1ccc(C(=O)O)cc1. The molecule has 1 aliphatic heterocycles. The number of rotatable bonds is 9. The van der Waals surface area contributed by atoms with E-state index in [1.165, 1.54) is 0 Å². The van der Waals surface area contributed by atoms with E-state index < -0.39 is 16.0 Å². The van der Waals surface area contributed by atoms with Gasteiger partial charge < -0.3 is 19.8 Å². The van der Waals surface area contributed by atoms with E-state index in [-0.39, 0.29) is 42.6 Å². The van der Waals surface area contributed by atoms with Crippen molar-refractivity contribution in [1.82, 2.24) is 9.80 Å². The lowest BCUT2D eigenvalue weighted by Gasteiger charge is -2.34. The Morgan fingerprint density at radius 3 is 2.51 bits per heavy atom. The Hall–Kier alpha value is -3.15. The van der Waals surface area contributed by atoms with Crippen molar-refractivity contribution in [2.75, 3.05) is 37.7 Å². The molecule has 3 atom stereocenters. The Balaban J connectivity index is 1.88. The molecular formula is C26H35N3O7S. The molecule has 0 saturated carbocycles. The highest BCUT2D eigenvalue weighted by Gasteiger charge is 2.31. The van der Waals surface area contributed by atoms with Crippen LogP contribution in [0.4, 0.5) is 5.69 Å². The number of nitrogens with one attached hydrogen (secondary N) is 1. The Morgan fingerprint density at radius 2 is 1.92 bits per heavy atom. The summed E-state index contributed by atoms with van der Waals surface area (Å²) < 4.78 is 32.3. The first-order valence-corrected chi connectivity index (χ1v) is 13.9. The summed E-state index contributed by atoms with van der Waals surface area (Å²) >= 11 is 0. The molecular weight excluding hydrogens is 498 g/mol. The first-order valence-electron chi connectivity index (χ1n) is 12.0. The van der Waals surface area contributed by atoms with Crippen molar-refractivity contribution >= 4 is 27.6 Å². The predicted molar refractivity (Wildman–Crippen MR) is 140 cm³/mol. The van der Waals surface area contributed by atoms with Crippen LogP contribution in [0.5, 0.6) is 5.75 Å². The molecule has 3 N–H and O–H groups in total. The summed E-state index contributed by atoms with van der Waals surface area (Å²) in [4.78, 5) is 28.1. The number of aliphatic hydroxyl groups is 1. The van der Waals surface area contributed by atoms with Gasteiger partial charge in [0.25, 0.3) is 0 Å². The summed E-state index contributed by atoms with van der Waals surface area (Å²) in [5.74, 6) is -0.740. The molecule has 37 heavy (non-hydrogen) atoms. The van der Waals surface area contributed by atoms with E-state index in [0.29, 0.717) is 36.6 Å². The molecule has 3 rings (SSSR count). The minimum atomic E-state index is -3.50. The third kappa shape index (κ3) is 7.91. The number of carboxylic acid groups (broad SMARTS) is 1. The monoisotopic (exact) mass is 533 g/mol. The van der Waals surface area contributed by atoms with Gasteiger partial charge in [-0.2, -0.15) is 0 Å². The number of aliphatic hydroxyl groups excluding tert-OH is 1.